The number of hydrogen-bond donors (Lipinski definition) is 2. The largest absolute Gasteiger partial charge is 1.00 e. The molecule has 4 aromatic carbocycles. The molecule has 0 aromatic heterocycles. The standard InChI is InChI=1S/C35H39N2O2.C15H21N4O2.Au.F5P.FH/c1-20(2)24-15-11-16-25(21(3)4)30(24)36-19-37(31-26(22(5)6)17-12-18-27(31)23(7)8)33-32(36)34(38)28-13-9-10-14-29(28)35(33)39;1-11-8-12(2)14(13(3)9-11)19-5-4-18(10-19)6-7-21-15(20)17-16;;1-6(2,3,4)5;/h9-23H,1-8H3;4-5,8-10H,6-7,16H2,1-3H3,(H,17,20);;;1H/q2*-1;;;/p-1. The zero-order valence-electron chi connectivity index (χ0n) is 40.0. The third kappa shape index (κ3) is 13.5. The summed E-state index contributed by atoms with van der Waals surface area (Å²) in [7, 11) is -8.55. The average Bonchev–Trinajstić information content (AvgIpc) is 3.86. The average molecular weight is 1150 g/mol. The molecule has 3 aliphatic rings. The summed E-state index contributed by atoms with van der Waals surface area (Å²) in [6.07, 6.45) is 5.32. The van der Waals surface area contributed by atoms with Gasteiger partial charge in [-0.2, -0.15) is 6.67 Å². The van der Waals surface area contributed by atoms with Crippen LogP contribution >= 0.6 is 8.16 Å². The van der Waals surface area contributed by atoms with E-state index < -0.39 is 14.3 Å². The molecule has 68 heavy (non-hydrogen) atoms. The summed E-state index contributed by atoms with van der Waals surface area (Å²) in [4.78, 5) is 43.5. The van der Waals surface area contributed by atoms with Crippen LogP contribution < -0.4 is 31.7 Å². The molecule has 2 aliphatic heterocycles. The Labute approximate surface area is 409 Å². The first-order valence-corrected chi connectivity index (χ1v) is 23.5. The maximum absolute atomic E-state index is 14.3. The maximum atomic E-state index is 14.3. The number of aromatic nitrogens is 2. The van der Waals surface area contributed by atoms with Crippen LogP contribution in [0.3, 0.4) is 0 Å². The SMILES string of the molecule is CC(C)c1cccc(C(C)C)c1-n1[cH-]n(-c2c(C(C)C)cccc2C(C)C)c2c(=O)c3ccccc3c(=O)c1=2.Cc1cc(C)c(N2C=CN(CCOC(=O)NN)[CH-]2)c(C)c1.FP(F)(F)(F)F.[Au].[F-]. The quantitative estimate of drug-likeness (QED) is 0.0267. The number of hydrogen-bond acceptors (Lipinski definition) is 7. The van der Waals surface area contributed by atoms with Gasteiger partial charge in [0.2, 0.25) is 0 Å². The van der Waals surface area contributed by atoms with Gasteiger partial charge in [-0.05, 0) is 79.3 Å². The number of aryl methyl sites for hydroxylation is 3. The number of rotatable bonds is 10. The molecule has 1 radical (unpaired) electrons. The minimum Gasteiger partial charge on any atom is -1.00 e. The predicted molar refractivity (Wildman–Crippen MR) is 257 cm³/mol. The van der Waals surface area contributed by atoms with Crippen LogP contribution in [0.25, 0.3) is 22.1 Å². The Balaban J connectivity index is 0.000000356. The molecule has 0 bridgehead atoms. The summed E-state index contributed by atoms with van der Waals surface area (Å²) in [6, 6.07) is 24.4. The molecule has 0 fully saturated rings. The van der Waals surface area contributed by atoms with Crippen molar-refractivity contribution in [3.8, 4) is 11.4 Å². The smallest absolute Gasteiger partial charge is 0 e. The van der Waals surface area contributed by atoms with Gasteiger partial charge < -0.3 is 28.4 Å². The van der Waals surface area contributed by atoms with Gasteiger partial charge >= 0.3 is 35.2 Å². The fraction of sp³-hybridized carbons (Fsp3) is 0.340. The van der Waals surface area contributed by atoms with Crippen molar-refractivity contribution in [1.82, 2.24) is 19.5 Å². The van der Waals surface area contributed by atoms with E-state index in [4.69, 9.17) is 10.6 Å². The molecular formula is C50H60AuF6N6O4P-3. The number of nitrogens with one attached hydrogen (secondary N) is 1. The summed E-state index contributed by atoms with van der Waals surface area (Å²) in [5, 5.41) is 1.83. The number of para-hydroxylation sites is 2. The summed E-state index contributed by atoms with van der Waals surface area (Å²) >= 11 is 0. The predicted octanol–water partition coefficient (Wildman–Crippen LogP) is 9.97. The third-order valence-electron chi connectivity index (χ3n) is 11.2. The molecule has 1 amide bonds. The van der Waals surface area contributed by atoms with Gasteiger partial charge in [0, 0.05) is 62.4 Å². The molecule has 375 valence electrons. The van der Waals surface area contributed by atoms with E-state index >= 15 is 0 Å². The first kappa shape index (κ1) is 57.1. The van der Waals surface area contributed by atoms with Gasteiger partial charge in [-0.15, -0.1) is 0 Å². The zero-order valence-corrected chi connectivity index (χ0v) is 43.0. The molecule has 0 unspecified atom stereocenters. The van der Waals surface area contributed by atoms with Gasteiger partial charge in [0.25, 0.3) is 0 Å². The van der Waals surface area contributed by atoms with Crippen molar-refractivity contribution in [1.29, 1.82) is 0 Å². The number of amides is 1. The number of nitrogens with zero attached hydrogens (tertiary/aromatic N) is 4. The van der Waals surface area contributed by atoms with Crippen LogP contribution in [0.15, 0.2) is 101 Å². The summed E-state index contributed by atoms with van der Waals surface area (Å²) in [6.45, 7) is 26.6. The Kier molecular flexibility index (Phi) is 19.2. The second-order valence-corrected chi connectivity index (χ2v) is 18.9. The number of ether oxygens (including phenoxy) is 1. The number of fused-ring (bicyclic) bond motifs is 1. The van der Waals surface area contributed by atoms with E-state index in [1.807, 2.05) is 57.0 Å². The topological polar surface area (TPSA) is 115 Å². The minimum atomic E-state index is -8.55. The number of halogens is 6. The van der Waals surface area contributed by atoms with E-state index in [-0.39, 0.29) is 68.2 Å². The minimum absolute atomic E-state index is 0. The fourth-order valence-electron chi connectivity index (χ4n) is 8.47. The van der Waals surface area contributed by atoms with Gasteiger partial charge in [0.1, 0.15) is 6.61 Å². The number of nitrogens with two attached hydrogens (primary N) is 1. The molecule has 0 saturated heterocycles. The Morgan fingerprint density at radius 2 is 1.04 bits per heavy atom. The van der Waals surface area contributed by atoms with Crippen LogP contribution in [0.5, 0.6) is 0 Å². The molecule has 3 N–H and O–H groups in total. The van der Waals surface area contributed by atoms with E-state index in [9.17, 15) is 35.4 Å². The van der Waals surface area contributed by atoms with E-state index in [2.05, 4.69) is 130 Å². The van der Waals surface area contributed by atoms with Gasteiger partial charge in [-0.3, -0.25) is 15.0 Å². The molecule has 1 aliphatic carbocycles. The van der Waals surface area contributed by atoms with Crippen LogP contribution in [0.1, 0.15) is 118 Å². The molecule has 18 heteroatoms. The Bertz CT molecular complexity index is 2720. The second-order valence-electron chi connectivity index (χ2n) is 17.7. The number of anilines is 1. The molecular weight excluding hydrogens is 1090 g/mol. The first-order valence-electron chi connectivity index (χ1n) is 21.8. The van der Waals surface area contributed by atoms with Gasteiger partial charge in [-0.1, -0.05) is 156 Å². The third-order valence-corrected chi connectivity index (χ3v) is 11.2. The van der Waals surface area contributed by atoms with E-state index in [1.165, 1.54) is 22.4 Å². The summed E-state index contributed by atoms with van der Waals surface area (Å²) < 4.78 is 58.1. The first-order chi connectivity index (χ1) is 30.8. The normalized spacial score (nSPS) is 12.9. The Hall–Kier alpha value is -5.25. The molecule has 0 atom stereocenters. The molecule has 10 nitrogen and oxygen atoms in total. The number of hydrazine groups is 1. The number of carbonyl (C=O) groups excluding carboxylic acids is 1. The van der Waals surface area contributed by atoms with Gasteiger partial charge in [0.15, 0.2) is 10.9 Å². The van der Waals surface area contributed by atoms with Crippen molar-refractivity contribution in [3.63, 3.8) is 0 Å². The van der Waals surface area contributed by atoms with Crippen molar-refractivity contribution in [2.45, 2.75) is 99.8 Å². The number of carbonyl (C=O) groups is 1. The Morgan fingerprint density at radius 3 is 1.40 bits per heavy atom. The summed E-state index contributed by atoms with van der Waals surface area (Å²) in [5.41, 5.74) is 13.3. The van der Waals surface area contributed by atoms with E-state index in [0.717, 1.165) is 33.6 Å². The van der Waals surface area contributed by atoms with Crippen molar-refractivity contribution >= 4 is 30.7 Å². The van der Waals surface area contributed by atoms with E-state index in [0.29, 0.717) is 28.0 Å². The molecule has 0 saturated carbocycles. The molecule has 4 aromatic rings. The van der Waals surface area contributed by atoms with Crippen molar-refractivity contribution in [3.05, 3.63) is 168 Å². The van der Waals surface area contributed by atoms with E-state index in [1.54, 1.807) is 12.1 Å². The van der Waals surface area contributed by atoms with Crippen LogP contribution in [0, 0.1) is 38.1 Å². The monoisotopic (exact) mass is 1150 g/mol. The van der Waals surface area contributed by atoms with Crippen molar-refractivity contribution < 1.29 is 57.6 Å². The molecule has 2 heterocycles. The fourth-order valence-corrected chi connectivity index (χ4v) is 8.47. The van der Waals surface area contributed by atoms with Crippen molar-refractivity contribution in [2.24, 2.45) is 5.84 Å². The summed E-state index contributed by atoms with van der Waals surface area (Å²) in [5.74, 6) is 5.89. The van der Waals surface area contributed by atoms with Crippen LogP contribution in [0.4, 0.5) is 31.5 Å². The molecule has 0 spiro atoms. The molecule has 7 rings (SSSR count). The zero-order chi connectivity index (χ0) is 49.0. The van der Waals surface area contributed by atoms with Crippen LogP contribution in [-0.4, -0.2) is 33.3 Å². The second kappa shape index (κ2) is 22.9. The van der Waals surface area contributed by atoms with Gasteiger partial charge in [0.05, 0.1) is 0 Å². The Morgan fingerprint density at radius 1 is 0.662 bits per heavy atom. The number of benzene rings is 4. The van der Waals surface area contributed by atoms with Gasteiger partial charge in [-0.25, -0.2) is 10.6 Å². The van der Waals surface area contributed by atoms with Crippen molar-refractivity contribution in [2.75, 3.05) is 18.1 Å². The maximum Gasteiger partial charge on any atom is 0 e. The van der Waals surface area contributed by atoms with Crippen LogP contribution in [-0.2, 0) is 27.1 Å². The van der Waals surface area contributed by atoms with Crippen LogP contribution in [0.2, 0.25) is 0 Å².